The summed E-state index contributed by atoms with van der Waals surface area (Å²) >= 11 is 0. The van der Waals surface area contributed by atoms with Crippen LogP contribution in [0.5, 0.6) is 0 Å². The predicted octanol–water partition coefficient (Wildman–Crippen LogP) is 5.84. The normalized spacial score (nSPS) is 11.1. The van der Waals surface area contributed by atoms with E-state index in [0.29, 0.717) is 12.1 Å². The number of hydrogen-bond donors (Lipinski definition) is 0. The van der Waals surface area contributed by atoms with Crippen molar-refractivity contribution in [3.63, 3.8) is 0 Å². The number of fused-ring (bicyclic) bond motifs is 1. The Bertz CT molecular complexity index is 919. The largest absolute Gasteiger partial charge is 0.334 e. The molecule has 3 rings (SSSR count). The molecule has 0 radical (unpaired) electrons. The third kappa shape index (κ3) is 5.91. The number of imidazole rings is 1. The highest BCUT2D eigenvalue weighted by Crippen LogP contribution is 2.19. The summed E-state index contributed by atoms with van der Waals surface area (Å²) in [6, 6.07) is 11.8. The second-order valence-electron chi connectivity index (χ2n) is 8.05. The molecule has 0 saturated heterocycles. The minimum absolute atomic E-state index is 0.0335. The molecule has 2 aromatic heterocycles. The first-order valence-electron chi connectivity index (χ1n) is 11.3. The van der Waals surface area contributed by atoms with Gasteiger partial charge in [0.2, 0.25) is 0 Å². The van der Waals surface area contributed by atoms with Gasteiger partial charge < -0.3 is 9.47 Å². The van der Waals surface area contributed by atoms with E-state index in [2.05, 4.69) is 28.6 Å². The summed E-state index contributed by atoms with van der Waals surface area (Å²) in [5, 5.41) is 0. The van der Waals surface area contributed by atoms with Crippen molar-refractivity contribution in [2.75, 3.05) is 7.05 Å². The molecule has 0 bridgehead atoms. The highest BCUT2D eigenvalue weighted by molar-refractivity contribution is 5.93. The molecule has 2 heterocycles. The molecule has 0 atom stereocenters. The Balaban J connectivity index is 1.62. The van der Waals surface area contributed by atoms with E-state index in [-0.39, 0.29) is 5.91 Å². The molecular formula is C25H34N4O. The average molecular weight is 407 g/mol. The van der Waals surface area contributed by atoms with Crippen LogP contribution in [0.1, 0.15) is 74.5 Å². The zero-order chi connectivity index (χ0) is 21.2. The molecule has 3 aromatic rings. The molecule has 0 aliphatic heterocycles. The van der Waals surface area contributed by atoms with Crippen molar-refractivity contribution in [3.05, 3.63) is 60.2 Å². The second-order valence-corrected chi connectivity index (χ2v) is 8.05. The summed E-state index contributed by atoms with van der Waals surface area (Å²) in [6.07, 6.45) is 13.7. The molecule has 0 aliphatic carbocycles. The zero-order valence-electron chi connectivity index (χ0n) is 18.4. The van der Waals surface area contributed by atoms with E-state index >= 15 is 0 Å². The van der Waals surface area contributed by atoms with Crippen LogP contribution in [0.2, 0.25) is 0 Å². The van der Waals surface area contributed by atoms with Gasteiger partial charge in [0.1, 0.15) is 5.82 Å². The Morgan fingerprint density at radius 2 is 1.70 bits per heavy atom. The third-order valence-corrected chi connectivity index (χ3v) is 5.60. The first-order valence-corrected chi connectivity index (χ1v) is 11.3. The molecule has 5 heteroatoms. The number of benzene rings is 1. The van der Waals surface area contributed by atoms with E-state index in [1.54, 1.807) is 29.4 Å². The lowest BCUT2D eigenvalue weighted by Gasteiger charge is -2.18. The van der Waals surface area contributed by atoms with Gasteiger partial charge in [-0.05, 0) is 30.7 Å². The molecule has 0 unspecified atom stereocenters. The van der Waals surface area contributed by atoms with Gasteiger partial charge in [-0.15, -0.1) is 0 Å². The molecule has 0 N–H and O–H groups in total. The van der Waals surface area contributed by atoms with Gasteiger partial charge in [0.25, 0.3) is 5.91 Å². The smallest absolute Gasteiger partial charge is 0.255 e. The van der Waals surface area contributed by atoms with Crippen LogP contribution in [-0.2, 0) is 13.1 Å². The monoisotopic (exact) mass is 406 g/mol. The van der Waals surface area contributed by atoms with Gasteiger partial charge in [-0.1, -0.05) is 64.0 Å². The van der Waals surface area contributed by atoms with E-state index in [1.807, 2.05) is 19.2 Å². The minimum atomic E-state index is -0.0335. The van der Waals surface area contributed by atoms with E-state index in [9.17, 15) is 4.79 Å². The maximum atomic E-state index is 12.7. The number of carbonyl (C=O) groups is 1. The average Bonchev–Trinajstić information content (AvgIpc) is 3.12. The minimum Gasteiger partial charge on any atom is -0.334 e. The van der Waals surface area contributed by atoms with Crippen molar-refractivity contribution in [2.45, 2.75) is 71.4 Å². The number of aryl methyl sites for hydroxylation is 1. The van der Waals surface area contributed by atoms with Crippen molar-refractivity contribution in [1.29, 1.82) is 0 Å². The fourth-order valence-electron chi connectivity index (χ4n) is 3.89. The lowest BCUT2D eigenvalue weighted by molar-refractivity contribution is 0.0779. The van der Waals surface area contributed by atoms with E-state index in [4.69, 9.17) is 4.98 Å². The van der Waals surface area contributed by atoms with Gasteiger partial charge in [0.15, 0.2) is 0 Å². The fourth-order valence-corrected chi connectivity index (χ4v) is 3.89. The number of carbonyl (C=O) groups excluding carboxylic acids is 1. The van der Waals surface area contributed by atoms with E-state index in [1.165, 1.54) is 44.9 Å². The van der Waals surface area contributed by atoms with Gasteiger partial charge >= 0.3 is 0 Å². The summed E-state index contributed by atoms with van der Waals surface area (Å²) in [5.41, 5.74) is 2.75. The van der Waals surface area contributed by atoms with Crippen LogP contribution in [0.25, 0.3) is 11.0 Å². The third-order valence-electron chi connectivity index (χ3n) is 5.60. The number of pyridine rings is 1. The van der Waals surface area contributed by atoms with Crippen LogP contribution in [0.3, 0.4) is 0 Å². The quantitative estimate of drug-likeness (QED) is 0.355. The Morgan fingerprint density at radius 1 is 0.967 bits per heavy atom. The number of nitrogens with zero attached hydrogens (tertiary/aromatic N) is 4. The van der Waals surface area contributed by atoms with Crippen LogP contribution in [0.15, 0.2) is 48.8 Å². The SMILES string of the molecule is CCCCCCCCCCn1c(CN(C)C(=O)c2cccnc2)nc2ccccc21. The standard InChI is InChI=1S/C25H34N4O/c1-3-4-5-6-7-8-9-12-18-29-23-16-11-10-15-22(23)27-24(29)20-28(2)25(30)21-14-13-17-26-19-21/h10-11,13-17,19H,3-9,12,18,20H2,1-2H3. The number of hydrogen-bond acceptors (Lipinski definition) is 3. The highest BCUT2D eigenvalue weighted by atomic mass is 16.2. The van der Waals surface area contributed by atoms with Crippen LogP contribution in [-0.4, -0.2) is 32.4 Å². The molecule has 30 heavy (non-hydrogen) atoms. The van der Waals surface area contributed by atoms with Crippen LogP contribution in [0, 0.1) is 0 Å². The molecular weight excluding hydrogens is 372 g/mol. The lowest BCUT2D eigenvalue weighted by atomic mass is 10.1. The van der Waals surface area contributed by atoms with Crippen LogP contribution >= 0.6 is 0 Å². The number of rotatable bonds is 12. The van der Waals surface area contributed by atoms with E-state index in [0.717, 1.165) is 29.8 Å². The number of unbranched alkanes of at least 4 members (excludes halogenated alkanes) is 7. The molecule has 1 amide bonds. The topological polar surface area (TPSA) is 51.0 Å². The van der Waals surface area contributed by atoms with Crippen molar-refractivity contribution >= 4 is 16.9 Å². The highest BCUT2D eigenvalue weighted by Gasteiger charge is 2.17. The number of aromatic nitrogens is 3. The van der Waals surface area contributed by atoms with Crippen LogP contribution < -0.4 is 0 Å². The first-order chi connectivity index (χ1) is 14.7. The first kappa shape index (κ1) is 22.0. The molecule has 5 nitrogen and oxygen atoms in total. The Morgan fingerprint density at radius 3 is 2.43 bits per heavy atom. The maximum Gasteiger partial charge on any atom is 0.255 e. The van der Waals surface area contributed by atoms with Gasteiger partial charge in [-0.2, -0.15) is 0 Å². The summed E-state index contributed by atoms with van der Waals surface area (Å²) in [5.74, 6) is 0.910. The van der Waals surface area contributed by atoms with Crippen molar-refractivity contribution in [2.24, 2.45) is 0 Å². The van der Waals surface area contributed by atoms with Crippen molar-refractivity contribution in [1.82, 2.24) is 19.4 Å². The number of para-hydroxylation sites is 2. The zero-order valence-corrected chi connectivity index (χ0v) is 18.4. The second kappa shape index (κ2) is 11.5. The Labute approximate surface area is 180 Å². The molecule has 1 aromatic carbocycles. The summed E-state index contributed by atoms with van der Waals surface area (Å²) in [4.78, 5) is 23.3. The summed E-state index contributed by atoms with van der Waals surface area (Å²) in [6.45, 7) is 3.69. The number of amides is 1. The fraction of sp³-hybridized carbons (Fsp3) is 0.480. The molecule has 160 valence electrons. The maximum absolute atomic E-state index is 12.7. The van der Waals surface area contributed by atoms with Crippen LogP contribution in [0.4, 0.5) is 0 Å². The summed E-state index contributed by atoms with van der Waals surface area (Å²) < 4.78 is 2.29. The van der Waals surface area contributed by atoms with Crippen molar-refractivity contribution < 1.29 is 4.79 Å². The Hall–Kier alpha value is -2.69. The molecule has 0 saturated carbocycles. The van der Waals surface area contributed by atoms with Gasteiger partial charge in [-0.25, -0.2) is 4.98 Å². The molecule has 0 fully saturated rings. The van der Waals surface area contributed by atoms with E-state index < -0.39 is 0 Å². The van der Waals surface area contributed by atoms with Gasteiger partial charge in [0, 0.05) is 26.0 Å². The van der Waals surface area contributed by atoms with Gasteiger partial charge in [-0.3, -0.25) is 9.78 Å². The Kier molecular flexibility index (Phi) is 8.42. The predicted molar refractivity (Wildman–Crippen MR) is 122 cm³/mol. The molecule has 0 aliphatic rings. The lowest BCUT2D eigenvalue weighted by Crippen LogP contribution is -2.27. The van der Waals surface area contributed by atoms with Gasteiger partial charge in [0.05, 0.1) is 23.1 Å². The summed E-state index contributed by atoms with van der Waals surface area (Å²) in [7, 11) is 1.83. The van der Waals surface area contributed by atoms with Crippen molar-refractivity contribution in [3.8, 4) is 0 Å². The molecule has 0 spiro atoms.